The first kappa shape index (κ1) is 19.1. The topological polar surface area (TPSA) is 60.3 Å². The Balaban J connectivity index is 1.40. The number of hydrogen-bond donors (Lipinski definition) is 1. The molecule has 2 aliphatic heterocycles. The standard InChI is InChI=1S/C21H24ClN5O/c1-26-9-10-27(12-15-5-3-2-4-6-15)14-17(13-26)23-21(28)20-18-8-7-16(22)11-19(18)24-25-20/h2-8,11,17-18H,9-10,12-14H2,1H3,(H,23,28). The van der Waals surface area contributed by atoms with Crippen LogP contribution in [0.15, 0.2) is 63.8 Å². The number of likely N-dealkylation sites (N-methyl/N-ethyl adjacent to an activating group) is 1. The number of nitrogens with zero attached hydrogens (tertiary/aromatic N) is 4. The molecule has 0 saturated carbocycles. The lowest BCUT2D eigenvalue weighted by atomic mass is 9.93. The van der Waals surface area contributed by atoms with Crippen molar-refractivity contribution in [2.75, 3.05) is 33.2 Å². The molecule has 1 fully saturated rings. The van der Waals surface area contributed by atoms with Gasteiger partial charge in [0.05, 0.1) is 17.7 Å². The predicted octanol–water partition coefficient (Wildman–Crippen LogP) is 2.04. The summed E-state index contributed by atoms with van der Waals surface area (Å²) in [5.41, 5.74) is 2.45. The SMILES string of the molecule is CN1CCN(Cc2ccccc2)CC(NC(=O)C2=NN=C3C=C(Cl)C=CC32)C1. The minimum Gasteiger partial charge on any atom is -0.346 e. The number of nitrogens with one attached hydrogen (secondary N) is 1. The number of fused-ring (bicyclic) bond motifs is 1. The Labute approximate surface area is 170 Å². The number of halogens is 1. The molecule has 6 nitrogen and oxygen atoms in total. The van der Waals surface area contributed by atoms with Crippen LogP contribution < -0.4 is 5.32 Å². The Morgan fingerprint density at radius 1 is 1.21 bits per heavy atom. The molecule has 1 N–H and O–H groups in total. The summed E-state index contributed by atoms with van der Waals surface area (Å²) in [7, 11) is 2.09. The monoisotopic (exact) mass is 397 g/mol. The van der Waals surface area contributed by atoms with Crippen LogP contribution in [0, 0.1) is 5.92 Å². The highest BCUT2D eigenvalue weighted by Crippen LogP contribution is 2.23. The maximum atomic E-state index is 12.9. The Morgan fingerprint density at radius 3 is 2.86 bits per heavy atom. The Kier molecular flexibility index (Phi) is 5.71. The van der Waals surface area contributed by atoms with Gasteiger partial charge in [-0.2, -0.15) is 5.10 Å². The molecule has 2 unspecified atom stereocenters. The van der Waals surface area contributed by atoms with Crippen molar-refractivity contribution in [3.63, 3.8) is 0 Å². The van der Waals surface area contributed by atoms with E-state index in [-0.39, 0.29) is 17.9 Å². The normalized spacial score (nSPS) is 25.4. The second-order valence-electron chi connectivity index (χ2n) is 7.53. The van der Waals surface area contributed by atoms with Crippen molar-refractivity contribution in [2.45, 2.75) is 12.6 Å². The van der Waals surface area contributed by atoms with Gasteiger partial charge in [0.15, 0.2) is 0 Å². The number of benzene rings is 1. The van der Waals surface area contributed by atoms with Gasteiger partial charge in [0.2, 0.25) is 0 Å². The lowest BCUT2D eigenvalue weighted by molar-refractivity contribution is -0.115. The van der Waals surface area contributed by atoms with E-state index in [4.69, 9.17) is 11.6 Å². The van der Waals surface area contributed by atoms with Gasteiger partial charge < -0.3 is 10.2 Å². The van der Waals surface area contributed by atoms with Crippen molar-refractivity contribution < 1.29 is 4.79 Å². The number of carbonyl (C=O) groups is 1. The molecule has 28 heavy (non-hydrogen) atoms. The predicted molar refractivity (Wildman–Crippen MR) is 113 cm³/mol. The lowest BCUT2D eigenvalue weighted by Crippen LogP contribution is -2.49. The highest BCUT2D eigenvalue weighted by Gasteiger charge is 2.32. The fourth-order valence-corrected chi connectivity index (χ4v) is 4.01. The maximum absolute atomic E-state index is 12.9. The largest absolute Gasteiger partial charge is 0.346 e. The van der Waals surface area contributed by atoms with Crippen LogP contribution >= 0.6 is 11.6 Å². The molecule has 2 heterocycles. The molecular weight excluding hydrogens is 374 g/mol. The molecule has 3 aliphatic rings. The van der Waals surface area contributed by atoms with Crippen molar-refractivity contribution in [3.8, 4) is 0 Å². The van der Waals surface area contributed by atoms with Crippen LogP contribution in [0.3, 0.4) is 0 Å². The molecule has 4 rings (SSSR count). The van der Waals surface area contributed by atoms with Gasteiger partial charge in [0.1, 0.15) is 5.71 Å². The molecule has 2 atom stereocenters. The minimum absolute atomic E-state index is 0.0298. The first-order valence-electron chi connectivity index (χ1n) is 9.55. The van der Waals surface area contributed by atoms with E-state index in [0.29, 0.717) is 10.7 Å². The summed E-state index contributed by atoms with van der Waals surface area (Å²) in [5, 5.41) is 12.0. The minimum atomic E-state index is -0.202. The first-order valence-corrected chi connectivity index (χ1v) is 9.93. The summed E-state index contributed by atoms with van der Waals surface area (Å²) in [6, 6.07) is 10.5. The van der Waals surface area contributed by atoms with E-state index in [1.807, 2.05) is 12.1 Å². The molecular formula is C21H24ClN5O. The van der Waals surface area contributed by atoms with E-state index >= 15 is 0 Å². The molecule has 146 valence electrons. The van der Waals surface area contributed by atoms with Crippen LogP contribution in [0.5, 0.6) is 0 Å². The third kappa shape index (κ3) is 4.41. The summed E-state index contributed by atoms with van der Waals surface area (Å²) >= 11 is 6.01. The summed E-state index contributed by atoms with van der Waals surface area (Å²) in [4.78, 5) is 17.5. The van der Waals surface area contributed by atoms with Crippen LogP contribution in [-0.2, 0) is 11.3 Å². The Morgan fingerprint density at radius 2 is 2.04 bits per heavy atom. The summed E-state index contributed by atoms with van der Waals surface area (Å²) in [6.45, 7) is 4.44. The maximum Gasteiger partial charge on any atom is 0.268 e. The highest BCUT2D eigenvalue weighted by atomic mass is 35.5. The summed E-state index contributed by atoms with van der Waals surface area (Å²) in [5.74, 6) is -0.355. The van der Waals surface area contributed by atoms with Gasteiger partial charge in [-0.3, -0.25) is 9.69 Å². The first-order chi connectivity index (χ1) is 13.6. The van der Waals surface area contributed by atoms with E-state index in [1.54, 1.807) is 12.2 Å². The van der Waals surface area contributed by atoms with E-state index in [2.05, 4.69) is 56.6 Å². The molecule has 7 heteroatoms. The molecule has 1 amide bonds. The van der Waals surface area contributed by atoms with Crippen molar-refractivity contribution in [1.29, 1.82) is 0 Å². The smallest absolute Gasteiger partial charge is 0.268 e. The van der Waals surface area contributed by atoms with Gasteiger partial charge in [0, 0.05) is 37.8 Å². The number of carbonyl (C=O) groups excluding carboxylic acids is 1. The van der Waals surface area contributed by atoms with E-state index < -0.39 is 0 Å². The molecule has 0 spiro atoms. The molecule has 1 aromatic carbocycles. The zero-order valence-corrected chi connectivity index (χ0v) is 16.6. The van der Waals surface area contributed by atoms with Gasteiger partial charge in [-0.05, 0) is 24.8 Å². The molecule has 1 aromatic rings. The zero-order chi connectivity index (χ0) is 19.5. The van der Waals surface area contributed by atoms with Crippen molar-refractivity contribution in [2.24, 2.45) is 16.1 Å². The summed E-state index contributed by atoms with van der Waals surface area (Å²) in [6.07, 6.45) is 5.44. The van der Waals surface area contributed by atoms with Crippen molar-refractivity contribution in [1.82, 2.24) is 15.1 Å². The average Bonchev–Trinajstić information content (AvgIpc) is 3.01. The fraction of sp³-hybridized carbons (Fsp3) is 0.381. The fourth-order valence-electron chi connectivity index (χ4n) is 3.82. The number of amides is 1. The van der Waals surface area contributed by atoms with E-state index in [9.17, 15) is 4.79 Å². The number of allylic oxidation sites excluding steroid dienone is 4. The Hall–Kier alpha value is -2.28. The Bertz CT molecular complexity index is 861. The molecule has 1 saturated heterocycles. The number of hydrogen-bond acceptors (Lipinski definition) is 5. The zero-order valence-electron chi connectivity index (χ0n) is 15.9. The van der Waals surface area contributed by atoms with Crippen LogP contribution in [0.2, 0.25) is 0 Å². The molecule has 0 bridgehead atoms. The van der Waals surface area contributed by atoms with Crippen LogP contribution in [0.1, 0.15) is 5.56 Å². The molecule has 0 aromatic heterocycles. The van der Waals surface area contributed by atoms with Crippen LogP contribution in [-0.4, -0.2) is 66.4 Å². The van der Waals surface area contributed by atoms with Crippen molar-refractivity contribution in [3.05, 3.63) is 59.2 Å². The third-order valence-electron chi connectivity index (χ3n) is 5.25. The van der Waals surface area contributed by atoms with E-state index in [0.717, 1.165) is 38.4 Å². The second kappa shape index (κ2) is 8.39. The van der Waals surface area contributed by atoms with Gasteiger partial charge in [-0.1, -0.05) is 48.0 Å². The molecule has 1 aliphatic carbocycles. The van der Waals surface area contributed by atoms with Gasteiger partial charge in [-0.25, -0.2) is 0 Å². The average molecular weight is 398 g/mol. The van der Waals surface area contributed by atoms with Gasteiger partial charge in [-0.15, -0.1) is 5.10 Å². The summed E-state index contributed by atoms with van der Waals surface area (Å²) < 4.78 is 0. The lowest BCUT2D eigenvalue weighted by Gasteiger charge is -2.25. The second-order valence-corrected chi connectivity index (χ2v) is 7.97. The van der Waals surface area contributed by atoms with Crippen molar-refractivity contribution >= 4 is 28.9 Å². The highest BCUT2D eigenvalue weighted by molar-refractivity contribution is 6.47. The quantitative estimate of drug-likeness (QED) is 0.845. The third-order valence-corrected chi connectivity index (χ3v) is 5.48. The molecule has 0 radical (unpaired) electrons. The van der Waals surface area contributed by atoms with Crippen LogP contribution in [0.25, 0.3) is 0 Å². The van der Waals surface area contributed by atoms with Crippen LogP contribution in [0.4, 0.5) is 0 Å². The van der Waals surface area contributed by atoms with Gasteiger partial charge in [0.25, 0.3) is 5.91 Å². The van der Waals surface area contributed by atoms with Gasteiger partial charge >= 0.3 is 0 Å². The number of rotatable bonds is 4. The van der Waals surface area contributed by atoms with E-state index in [1.165, 1.54) is 5.56 Å².